The van der Waals surface area contributed by atoms with Crippen LogP contribution in [0.25, 0.3) is 15.5 Å². The van der Waals surface area contributed by atoms with Gasteiger partial charge in [-0.15, -0.1) is 11.8 Å². The van der Waals surface area contributed by atoms with Gasteiger partial charge in [0.1, 0.15) is 10.8 Å². The minimum absolute atomic E-state index is 0.119. The molecule has 0 bridgehead atoms. The number of benzene rings is 2. The largest absolute Gasteiger partial charge is 0.353 e. The summed E-state index contributed by atoms with van der Waals surface area (Å²) in [6.45, 7) is 4.32. The lowest BCUT2D eigenvalue weighted by Gasteiger charge is -2.35. The third-order valence-electron chi connectivity index (χ3n) is 5.82. The maximum absolute atomic E-state index is 12.8. The Balaban J connectivity index is 1.29. The van der Waals surface area contributed by atoms with Crippen LogP contribution in [0.2, 0.25) is 0 Å². The van der Waals surface area contributed by atoms with Gasteiger partial charge in [0.2, 0.25) is 4.96 Å². The van der Waals surface area contributed by atoms with Crippen molar-refractivity contribution in [1.29, 1.82) is 0 Å². The predicted octanol–water partition coefficient (Wildman–Crippen LogP) is 4.20. The molecule has 0 spiro atoms. The van der Waals surface area contributed by atoms with E-state index in [4.69, 9.17) is 4.98 Å². The number of hydrogen-bond donors (Lipinski definition) is 1. The number of nitrogens with one attached hydrogen (secondary N) is 1. The molecule has 0 aliphatic carbocycles. The molecule has 0 unspecified atom stereocenters. The number of hydrogen-bond acceptors (Lipinski definition) is 7. The van der Waals surface area contributed by atoms with Gasteiger partial charge in [-0.1, -0.05) is 41.7 Å². The molecule has 0 saturated carbocycles. The first-order valence-electron chi connectivity index (χ1n) is 10.9. The molecule has 2 aromatic heterocycles. The quantitative estimate of drug-likeness (QED) is 0.430. The number of carbonyl (C=O) groups is 1. The number of amides is 2. The van der Waals surface area contributed by atoms with Crippen molar-refractivity contribution in [2.24, 2.45) is 0 Å². The highest BCUT2D eigenvalue weighted by molar-refractivity contribution is 7.98. The smallest absolute Gasteiger partial charge is 0.321 e. The van der Waals surface area contributed by atoms with E-state index >= 15 is 0 Å². The number of thioether (sulfide) groups is 1. The zero-order chi connectivity index (χ0) is 23.7. The summed E-state index contributed by atoms with van der Waals surface area (Å²) in [6, 6.07) is 17.2. The molecule has 1 saturated heterocycles. The molecule has 5 rings (SSSR count). The van der Waals surface area contributed by atoms with E-state index in [2.05, 4.69) is 10.4 Å². The molecule has 3 heterocycles. The van der Waals surface area contributed by atoms with E-state index in [1.165, 1.54) is 21.9 Å². The lowest BCUT2D eigenvalue weighted by molar-refractivity contribution is 0.208. The van der Waals surface area contributed by atoms with Gasteiger partial charge in [-0.2, -0.15) is 9.61 Å². The number of aryl methyl sites for hydroxylation is 1. The molecule has 1 aliphatic rings. The van der Waals surface area contributed by atoms with E-state index in [1.807, 2.05) is 66.6 Å². The highest BCUT2D eigenvalue weighted by atomic mass is 32.2. The highest BCUT2D eigenvalue weighted by Crippen LogP contribution is 2.28. The Bertz CT molecular complexity index is 1410. The van der Waals surface area contributed by atoms with E-state index in [0.29, 0.717) is 37.0 Å². The standard InChI is InChI=1S/C24H24N6O2S2/c1-16-6-3-4-9-19(16)22-27-30-21(31)15-20(26-24(30)34-22)28-10-12-29(13-11-28)23(32)25-17-7-5-8-18(14-17)33-2/h3-9,14-15H,10-13H2,1-2H3,(H,25,32). The molecule has 34 heavy (non-hydrogen) atoms. The Morgan fingerprint density at radius 2 is 1.85 bits per heavy atom. The van der Waals surface area contributed by atoms with Gasteiger partial charge in [0.15, 0.2) is 0 Å². The first kappa shape index (κ1) is 22.4. The number of urea groups is 1. The molecule has 8 nitrogen and oxygen atoms in total. The number of nitrogens with zero attached hydrogens (tertiary/aromatic N) is 5. The second-order valence-corrected chi connectivity index (χ2v) is 9.84. The van der Waals surface area contributed by atoms with Gasteiger partial charge in [-0.05, 0) is 36.9 Å². The number of carbonyl (C=O) groups excluding carboxylic acids is 1. The van der Waals surface area contributed by atoms with Gasteiger partial charge >= 0.3 is 6.03 Å². The van der Waals surface area contributed by atoms with Crippen LogP contribution in [0.4, 0.5) is 16.3 Å². The molecular weight excluding hydrogens is 468 g/mol. The number of piperazine rings is 1. The second kappa shape index (κ2) is 9.47. The summed E-state index contributed by atoms with van der Waals surface area (Å²) < 4.78 is 1.36. The van der Waals surface area contributed by atoms with Gasteiger partial charge in [0.25, 0.3) is 5.56 Å². The molecular formula is C24H24N6O2S2. The number of rotatable bonds is 4. The molecule has 0 radical (unpaired) electrons. The first-order chi connectivity index (χ1) is 16.5. The molecule has 10 heteroatoms. The fourth-order valence-electron chi connectivity index (χ4n) is 3.92. The lowest BCUT2D eigenvalue weighted by atomic mass is 10.1. The predicted molar refractivity (Wildman–Crippen MR) is 138 cm³/mol. The van der Waals surface area contributed by atoms with E-state index in [1.54, 1.807) is 16.7 Å². The topological polar surface area (TPSA) is 82.8 Å². The summed E-state index contributed by atoms with van der Waals surface area (Å²) in [5.74, 6) is 0.623. The summed E-state index contributed by atoms with van der Waals surface area (Å²) in [4.78, 5) is 35.7. The first-order valence-corrected chi connectivity index (χ1v) is 13.0. The van der Waals surface area contributed by atoms with Crippen LogP contribution in [0.15, 0.2) is 64.3 Å². The fourth-order valence-corrected chi connectivity index (χ4v) is 5.38. The Morgan fingerprint density at radius 3 is 2.62 bits per heavy atom. The van der Waals surface area contributed by atoms with Gasteiger partial charge in [0.05, 0.1) is 0 Å². The molecule has 0 atom stereocenters. The minimum Gasteiger partial charge on any atom is -0.353 e. The van der Waals surface area contributed by atoms with E-state index in [0.717, 1.165) is 26.7 Å². The van der Waals surface area contributed by atoms with Crippen molar-refractivity contribution in [3.8, 4) is 10.6 Å². The minimum atomic E-state index is -0.204. The molecule has 1 N–H and O–H groups in total. The number of fused-ring (bicyclic) bond motifs is 1. The van der Waals surface area contributed by atoms with E-state index in [-0.39, 0.29) is 11.6 Å². The lowest BCUT2D eigenvalue weighted by Crippen LogP contribution is -2.50. The Morgan fingerprint density at radius 1 is 1.06 bits per heavy atom. The third-order valence-corrected chi connectivity index (χ3v) is 7.49. The van der Waals surface area contributed by atoms with Crippen LogP contribution < -0.4 is 15.8 Å². The van der Waals surface area contributed by atoms with Crippen molar-refractivity contribution in [3.05, 3.63) is 70.5 Å². The number of anilines is 2. The Kier molecular flexibility index (Phi) is 6.25. The Labute approximate surface area is 205 Å². The van der Waals surface area contributed by atoms with Crippen LogP contribution in [0.3, 0.4) is 0 Å². The van der Waals surface area contributed by atoms with Gasteiger partial charge in [0, 0.05) is 48.4 Å². The summed E-state index contributed by atoms with van der Waals surface area (Å²) in [6.07, 6.45) is 2.01. The van der Waals surface area contributed by atoms with Crippen LogP contribution in [-0.2, 0) is 0 Å². The van der Waals surface area contributed by atoms with Crippen LogP contribution >= 0.6 is 23.1 Å². The zero-order valence-corrected chi connectivity index (χ0v) is 20.5. The van der Waals surface area contributed by atoms with Crippen LogP contribution in [-0.4, -0.2) is 58.0 Å². The summed E-state index contributed by atoms with van der Waals surface area (Å²) in [5.41, 5.74) is 2.69. The van der Waals surface area contributed by atoms with Crippen molar-refractivity contribution in [2.75, 3.05) is 42.7 Å². The molecule has 4 aromatic rings. The number of aromatic nitrogens is 3. The zero-order valence-electron chi connectivity index (χ0n) is 18.9. The maximum Gasteiger partial charge on any atom is 0.321 e. The molecule has 2 aromatic carbocycles. The monoisotopic (exact) mass is 492 g/mol. The van der Waals surface area contributed by atoms with Crippen molar-refractivity contribution >= 4 is 45.6 Å². The van der Waals surface area contributed by atoms with Crippen molar-refractivity contribution in [3.63, 3.8) is 0 Å². The van der Waals surface area contributed by atoms with Crippen LogP contribution in [0.1, 0.15) is 5.56 Å². The third kappa shape index (κ3) is 4.51. The van der Waals surface area contributed by atoms with Gasteiger partial charge < -0.3 is 15.1 Å². The van der Waals surface area contributed by atoms with E-state index < -0.39 is 0 Å². The Hall–Kier alpha value is -3.37. The van der Waals surface area contributed by atoms with Crippen molar-refractivity contribution < 1.29 is 4.79 Å². The summed E-state index contributed by atoms with van der Waals surface area (Å²) in [7, 11) is 0. The van der Waals surface area contributed by atoms with Crippen LogP contribution in [0.5, 0.6) is 0 Å². The molecule has 1 aliphatic heterocycles. The van der Waals surface area contributed by atoms with Gasteiger partial charge in [-0.3, -0.25) is 4.79 Å². The summed E-state index contributed by atoms with van der Waals surface area (Å²) in [5, 5.41) is 8.24. The average molecular weight is 493 g/mol. The molecule has 1 fully saturated rings. The second-order valence-electron chi connectivity index (χ2n) is 8.01. The van der Waals surface area contributed by atoms with E-state index in [9.17, 15) is 9.59 Å². The fraction of sp³-hybridized carbons (Fsp3) is 0.250. The maximum atomic E-state index is 12.8. The normalized spacial score (nSPS) is 13.9. The summed E-state index contributed by atoms with van der Waals surface area (Å²) >= 11 is 3.04. The molecule has 174 valence electrons. The van der Waals surface area contributed by atoms with Gasteiger partial charge in [-0.25, -0.2) is 9.78 Å². The average Bonchev–Trinajstić information content (AvgIpc) is 3.29. The SMILES string of the molecule is CSc1cccc(NC(=O)N2CCN(c3cc(=O)n4nc(-c5ccccc5C)sc4n3)CC2)c1. The molecule has 2 amide bonds. The van der Waals surface area contributed by atoms with Crippen molar-refractivity contribution in [2.45, 2.75) is 11.8 Å². The van der Waals surface area contributed by atoms with Crippen molar-refractivity contribution in [1.82, 2.24) is 19.5 Å². The van der Waals surface area contributed by atoms with Crippen LogP contribution in [0, 0.1) is 6.92 Å². The highest BCUT2D eigenvalue weighted by Gasteiger charge is 2.23.